The van der Waals surface area contributed by atoms with E-state index in [1.54, 1.807) is 0 Å². The highest BCUT2D eigenvalue weighted by molar-refractivity contribution is 7.94. The zero-order valence-electron chi connectivity index (χ0n) is 9.99. The van der Waals surface area contributed by atoms with Crippen molar-refractivity contribution in [2.24, 2.45) is 0 Å². The zero-order chi connectivity index (χ0) is 14.8. The number of nitrogens with zero attached hydrogens (tertiary/aromatic N) is 3. The quantitative estimate of drug-likeness (QED) is 0.807. The molecule has 106 valence electrons. The first-order chi connectivity index (χ1) is 9.37. The van der Waals surface area contributed by atoms with E-state index in [9.17, 15) is 17.6 Å². The second-order valence-corrected chi connectivity index (χ2v) is 6.39. The number of hydrogen-bond acceptors (Lipinski definition) is 7. The highest BCUT2D eigenvalue weighted by atomic mass is 32.2. The van der Waals surface area contributed by atoms with Crippen molar-refractivity contribution in [1.29, 1.82) is 0 Å². The Bertz CT molecular complexity index is 746. The number of amides is 1. The van der Waals surface area contributed by atoms with Gasteiger partial charge in [-0.3, -0.25) is 14.5 Å². The fourth-order valence-corrected chi connectivity index (χ4v) is 3.17. The predicted octanol–water partition coefficient (Wildman–Crippen LogP) is 0.831. The van der Waals surface area contributed by atoms with Crippen LogP contribution in [0.2, 0.25) is 0 Å². The Hall–Kier alpha value is -2.14. The van der Waals surface area contributed by atoms with Crippen LogP contribution in [0.25, 0.3) is 0 Å². The van der Waals surface area contributed by atoms with E-state index >= 15 is 0 Å². The van der Waals surface area contributed by atoms with Gasteiger partial charge in [0.05, 0.1) is 18.1 Å². The van der Waals surface area contributed by atoms with Crippen molar-refractivity contribution in [3.63, 3.8) is 0 Å². The molecule has 20 heavy (non-hydrogen) atoms. The average molecular weight is 317 g/mol. The van der Waals surface area contributed by atoms with Gasteiger partial charge in [-0.1, -0.05) is 11.3 Å². The van der Waals surface area contributed by atoms with Gasteiger partial charge in [0, 0.05) is 13.0 Å². The number of anilines is 2. The fraction of sp³-hybridized carbons (Fsp3) is 0.111. The summed E-state index contributed by atoms with van der Waals surface area (Å²) in [4.78, 5) is 14.3. The molecule has 0 fully saturated rings. The molecule has 0 aliphatic carbocycles. The van der Waals surface area contributed by atoms with Gasteiger partial charge in [0.2, 0.25) is 11.0 Å². The lowest BCUT2D eigenvalue weighted by Gasteiger charge is -2.03. The first kappa shape index (κ1) is 14.3. The Morgan fingerprint density at radius 2 is 2.10 bits per heavy atom. The molecule has 0 radical (unpaired) electrons. The molecule has 0 atom stereocenters. The molecule has 2 aromatic rings. The molecule has 2 rings (SSSR count). The number of aromatic nitrogens is 3. The van der Waals surface area contributed by atoms with Gasteiger partial charge in [-0.2, -0.15) is 8.42 Å². The molecule has 2 aromatic heterocycles. The molecule has 0 bridgehead atoms. The Morgan fingerprint density at radius 3 is 2.75 bits per heavy atom. The molecule has 2 N–H and O–H groups in total. The van der Waals surface area contributed by atoms with Crippen molar-refractivity contribution in [3.05, 3.63) is 24.3 Å². The van der Waals surface area contributed by atoms with Crippen molar-refractivity contribution in [2.75, 3.05) is 10.0 Å². The second-order valence-electron chi connectivity index (χ2n) is 3.55. The largest absolute Gasteiger partial charge is 0.301 e. The zero-order valence-corrected chi connectivity index (χ0v) is 11.6. The van der Waals surface area contributed by atoms with Crippen LogP contribution in [0.3, 0.4) is 0 Å². The van der Waals surface area contributed by atoms with Crippen molar-refractivity contribution in [1.82, 2.24) is 15.2 Å². The molecule has 0 saturated heterocycles. The predicted molar refractivity (Wildman–Crippen MR) is 69.2 cm³/mol. The Morgan fingerprint density at radius 1 is 1.35 bits per heavy atom. The molecule has 0 unspecified atom stereocenters. The van der Waals surface area contributed by atoms with Crippen LogP contribution in [0.15, 0.2) is 22.8 Å². The maximum absolute atomic E-state index is 12.9. The Balaban J connectivity index is 2.22. The summed E-state index contributed by atoms with van der Waals surface area (Å²) in [5.74, 6) is -1.08. The summed E-state index contributed by atoms with van der Waals surface area (Å²) in [6.45, 7) is 1.26. The van der Waals surface area contributed by atoms with Crippen LogP contribution >= 0.6 is 11.3 Å². The van der Waals surface area contributed by atoms with Crippen molar-refractivity contribution in [3.8, 4) is 0 Å². The monoisotopic (exact) mass is 317 g/mol. The summed E-state index contributed by atoms with van der Waals surface area (Å²) >= 11 is 0.673. The minimum Gasteiger partial charge on any atom is -0.301 e. The topological polar surface area (TPSA) is 114 Å². The van der Waals surface area contributed by atoms with E-state index < -0.39 is 21.7 Å². The molecular formula is C9H8FN5O3S2. The van der Waals surface area contributed by atoms with Gasteiger partial charge < -0.3 is 5.32 Å². The van der Waals surface area contributed by atoms with Crippen LogP contribution in [0, 0.1) is 5.82 Å². The summed E-state index contributed by atoms with van der Waals surface area (Å²) in [5, 5.41) is 9.32. The van der Waals surface area contributed by atoms with Gasteiger partial charge in [0.1, 0.15) is 5.82 Å². The van der Waals surface area contributed by atoms with Gasteiger partial charge >= 0.3 is 0 Å². The molecule has 8 nitrogen and oxygen atoms in total. The van der Waals surface area contributed by atoms with Crippen molar-refractivity contribution >= 4 is 38.1 Å². The number of halogens is 1. The van der Waals surface area contributed by atoms with Crippen LogP contribution in [0.4, 0.5) is 15.2 Å². The van der Waals surface area contributed by atoms with Gasteiger partial charge in [0.15, 0.2) is 0 Å². The highest BCUT2D eigenvalue weighted by Crippen LogP contribution is 2.22. The van der Waals surface area contributed by atoms with Gasteiger partial charge in [0.25, 0.3) is 14.4 Å². The number of carbonyl (C=O) groups is 1. The summed E-state index contributed by atoms with van der Waals surface area (Å²) in [6, 6.07) is 0.973. The van der Waals surface area contributed by atoms with E-state index in [0.717, 1.165) is 18.5 Å². The van der Waals surface area contributed by atoms with Crippen LogP contribution in [-0.2, 0) is 14.8 Å². The van der Waals surface area contributed by atoms with Crippen LogP contribution < -0.4 is 10.0 Å². The molecule has 0 aromatic carbocycles. The third kappa shape index (κ3) is 3.45. The van der Waals surface area contributed by atoms with Gasteiger partial charge in [-0.25, -0.2) is 4.39 Å². The summed E-state index contributed by atoms with van der Waals surface area (Å²) in [6.07, 6.45) is 2.09. The molecule has 0 aliphatic rings. The number of pyridine rings is 1. The smallest absolute Gasteiger partial charge is 0.291 e. The summed E-state index contributed by atoms with van der Waals surface area (Å²) in [7, 11) is -4.01. The van der Waals surface area contributed by atoms with Crippen LogP contribution in [-0.4, -0.2) is 29.5 Å². The minimum absolute atomic E-state index is 0.0405. The Kier molecular flexibility index (Phi) is 3.90. The summed E-state index contributed by atoms with van der Waals surface area (Å²) < 4.78 is 38.6. The molecule has 0 aliphatic heterocycles. The minimum atomic E-state index is -4.01. The number of rotatable bonds is 4. The van der Waals surface area contributed by atoms with E-state index in [2.05, 4.69) is 25.2 Å². The van der Waals surface area contributed by atoms with Gasteiger partial charge in [-0.05, 0) is 0 Å². The maximum atomic E-state index is 12.9. The third-order valence-electron chi connectivity index (χ3n) is 1.88. The number of sulfonamides is 1. The molecule has 2 heterocycles. The standard InChI is InChI=1S/C9H8FN5O3S2/c1-5(16)12-8-13-14-9(19-8)20(17,18)15-7-2-6(10)3-11-4-7/h2-4,15H,1H3,(H,12,13,16). The lowest BCUT2D eigenvalue weighted by Crippen LogP contribution is -2.13. The molecule has 11 heteroatoms. The summed E-state index contributed by atoms with van der Waals surface area (Å²) in [5.41, 5.74) is -0.0405. The number of nitrogens with one attached hydrogen (secondary N) is 2. The lowest BCUT2D eigenvalue weighted by molar-refractivity contribution is -0.114. The first-order valence-corrected chi connectivity index (χ1v) is 7.41. The van der Waals surface area contributed by atoms with E-state index in [1.807, 2.05) is 0 Å². The normalized spacial score (nSPS) is 11.1. The van der Waals surface area contributed by atoms with E-state index in [4.69, 9.17) is 0 Å². The average Bonchev–Trinajstić information content (AvgIpc) is 2.76. The van der Waals surface area contributed by atoms with Crippen molar-refractivity contribution < 1.29 is 17.6 Å². The van der Waals surface area contributed by atoms with Crippen LogP contribution in [0.5, 0.6) is 0 Å². The first-order valence-electron chi connectivity index (χ1n) is 5.11. The lowest BCUT2D eigenvalue weighted by atomic mass is 10.4. The van der Waals surface area contributed by atoms with E-state index in [1.165, 1.54) is 6.92 Å². The molecule has 0 spiro atoms. The number of hydrogen-bond donors (Lipinski definition) is 2. The molecule has 0 saturated carbocycles. The second kappa shape index (κ2) is 5.46. The molecular weight excluding hydrogens is 309 g/mol. The molecule has 1 amide bonds. The number of carbonyl (C=O) groups excluding carboxylic acids is 1. The fourth-order valence-electron chi connectivity index (χ4n) is 1.19. The van der Waals surface area contributed by atoms with Gasteiger partial charge in [-0.15, -0.1) is 10.2 Å². The third-order valence-corrected chi connectivity index (χ3v) is 4.46. The van der Waals surface area contributed by atoms with Crippen LogP contribution in [0.1, 0.15) is 6.92 Å². The Labute approximate surface area is 117 Å². The maximum Gasteiger partial charge on any atom is 0.291 e. The van der Waals surface area contributed by atoms with Crippen molar-refractivity contribution in [2.45, 2.75) is 11.3 Å². The highest BCUT2D eigenvalue weighted by Gasteiger charge is 2.21. The van der Waals surface area contributed by atoms with E-state index in [0.29, 0.717) is 11.3 Å². The SMILES string of the molecule is CC(=O)Nc1nnc(S(=O)(=O)Nc2cncc(F)c2)s1. The van der Waals surface area contributed by atoms with E-state index in [-0.39, 0.29) is 15.2 Å².